The van der Waals surface area contributed by atoms with Crippen molar-refractivity contribution in [2.45, 2.75) is 151 Å². The molecule has 2 atom stereocenters. The molecule has 0 N–H and O–H groups in total. The monoisotopic (exact) mass is 548 g/mol. The van der Waals surface area contributed by atoms with Crippen LogP contribution in [0.2, 0.25) is 0 Å². The number of hydrogen-bond donors (Lipinski definition) is 0. The van der Waals surface area contributed by atoms with Gasteiger partial charge >= 0.3 is 0 Å². The summed E-state index contributed by atoms with van der Waals surface area (Å²) in [5, 5.41) is 0. The molecule has 2 aromatic carbocycles. The SMILES string of the molecule is CCCCCCCCC(C)(C)Cc1cc(C)c2c(c1)C1Oc3c(C)cc(CC(C)(C)CCCCC)cc3C(O2)O1. The van der Waals surface area contributed by atoms with Gasteiger partial charge in [0.2, 0.25) is 12.6 Å². The molecule has 3 heteroatoms. The highest BCUT2D eigenvalue weighted by molar-refractivity contribution is 5.52. The molecule has 0 amide bonds. The fraction of sp³-hybridized carbons (Fsp3) is 0.676. The van der Waals surface area contributed by atoms with Gasteiger partial charge in [-0.3, -0.25) is 4.74 Å². The lowest BCUT2D eigenvalue weighted by Crippen LogP contribution is -2.31. The number of rotatable bonds is 15. The predicted octanol–water partition coefficient (Wildman–Crippen LogP) is 11.3. The van der Waals surface area contributed by atoms with Gasteiger partial charge in [0.05, 0.1) is 11.1 Å². The van der Waals surface area contributed by atoms with Crippen molar-refractivity contribution in [1.29, 1.82) is 0 Å². The summed E-state index contributed by atoms with van der Waals surface area (Å²) in [6, 6.07) is 9.18. The Labute approximate surface area is 245 Å². The molecule has 2 bridgehead atoms. The first-order valence-corrected chi connectivity index (χ1v) is 16.3. The number of hydrogen-bond acceptors (Lipinski definition) is 3. The van der Waals surface area contributed by atoms with E-state index in [0.717, 1.165) is 35.5 Å². The molecule has 3 nitrogen and oxygen atoms in total. The van der Waals surface area contributed by atoms with Gasteiger partial charge in [-0.25, -0.2) is 0 Å². The van der Waals surface area contributed by atoms with E-state index in [4.69, 9.17) is 14.2 Å². The summed E-state index contributed by atoms with van der Waals surface area (Å²) in [6.45, 7) is 18.5. The first-order valence-electron chi connectivity index (χ1n) is 16.3. The Morgan fingerprint density at radius 2 is 0.975 bits per heavy atom. The largest absolute Gasteiger partial charge is 0.459 e. The van der Waals surface area contributed by atoms with Crippen molar-refractivity contribution < 1.29 is 14.2 Å². The van der Waals surface area contributed by atoms with Gasteiger partial charge < -0.3 is 9.47 Å². The molecule has 0 saturated heterocycles. The zero-order valence-corrected chi connectivity index (χ0v) is 26.9. The average Bonchev–Trinajstić information content (AvgIpc) is 2.87. The summed E-state index contributed by atoms with van der Waals surface area (Å²) in [6.07, 6.45) is 15.7. The van der Waals surface area contributed by atoms with Crippen molar-refractivity contribution in [3.63, 3.8) is 0 Å². The lowest BCUT2D eigenvalue weighted by atomic mass is 9.80. The standard InChI is InChI=1S/C37H56O3/c1-9-11-13-14-15-17-19-37(7,8)25-29-21-27(4)33-31(23-29)35-38-32-26(3)20-28(22-30(32)34(39-33)40-35)24-36(5,6)18-16-12-10-2/h20-23,34-35H,9-19,24-25H2,1-8H3. The number of unbranched alkanes of at least 4 members (excludes halogenated alkanes) is 7. The summed E-state index contributed by atoms with van der Waals surface area (Å²) >= 11 is 0. The maximum Gasteiger partial charge on any atom is 0.233 e. The summed E-state index contributed by atoms with van der Waals surface area (Å²) in [5.41, 5.74) is 7.65. The van der Waals surface area contributed by atoms with Crippen LogP contribution in [0.3, 0.4) is 0 Å². The zero-order valence-electron chi connectivity index (χ0n) is 26.9. The van der Waals surface area contributed by atoms with Crippen LogP contribution in [-0.4, -0.2) is 0 Å². The van der Waals surface area contributed by atoms with Gasteiger partial charge in [0, 0.05) is 0 Å². The molecule has 0 aromatic heterocycles. The van der Waals surface area contributed by atoms with Crippen molar-refractivity contribution >= 4 is 0 Å². The Morgan fingerprint density at radius 3 is 1.45 bits per heavy atom. The normalized spacial score (nSPS) is 18.1. The van der Waals surface area contributed by atoms with Crippen LogP contribution in [0.1, 0.15) is 158 Å². The van der Waals surface area contributed by atoms with E-state index in [0.29, 0.717) is 0 Å². The van der Waals surface area contributed by atoms with Gasteiger partial charge in [0.15, 0.2) is 0 Å². The van der Waals surface area contributed by atoms with Crippen LogP contribution in [0.4, 0.5) is 0 Å². The summed E-state index contributed by atoms with van der Waals surface area (Å²) in [5.74, 6) is 1.87. The van der Waals surface area contributed by atoms with Crippen molar-refractivity contribution in [3.8, 4) is 11.5 Å². The molecule has 2 aliphatic rings. The maximum absolute atomic E-state index is 6.57. The van der Waals surface area contributed by atoms with Crippen LogP contribution in [0, 0.1) is 24.7 Å². The fourth-order valence-electron chi connectivity index (χ4n) is 6.81. The van der Waals surface area contributed by atoms with Crippen LogP contribution in [0.5, 0.6) is 11.5 Å². The van der Waals surface area contributed by atoms with Crippen LogP contribution >= 0.6 is 0 Å². The van der Waals surface area contributed by atoms with Crippen molar-refractivity contribution in [3.05, 3.63) is 57.6 Å². The second-order valence-electron chi connectivity index (χ2n) is 14.4. The topological polar surface area (TPSA) is 27.7 Å². The summed E-state index contributed by atoms with van der Waals surface area (Å²) in [7, 11) is 0. The zero-order chi connectivity index (χ0) is 28.9. The smallest absolute Gasteiger partial charge is 0.233 e. The molecule has 0 fully saturated rings. The van der Waals surface area contributed by atoms with Crippen LogP contribution in [-0.2, 0) is 17.6 Å². The third-order valence-electron chi connectivity index (χ3n) is 8.96. The Kier molecular flexibility index (Phi) is 10.3. The first kappa shape index (κ1) is 30.9. The summed E-state index contributed by atoms with van der Waals surface area (Å²) in [4.78, 5) is 0. The van der Waals surface area contributed by atoms with Gasteiger partial charge in [0.25, 0.3) is 0 Å². The van der Waals surface area contributed by atoms with E-state index in [-0.39, 0.29) is 10.8 Å². The van der Waals surface area contributed by atoms with Crippen molar-refractivity contribution in [2.75, 3.05) is 0 Å². The highest BCUT2D eigenvalue weighted by Gasteiger charge is 2.40. The second-order valence-corrected chi connectivity index (χ2v) is 14.4. The van der Waals surface area contributed by atoms with Crippen LogP contribution < -0.4 is 9.47 Å². The molecule has 0 aliphatic carbocycles. The van der Waals surface area contributed by atoms with E-state index in [2.05, 4.69) is 79.7 Å². The lowest BCUT2D eigenvalue weighted by Gasteiger charge is -2.40. The van der Waals surface area contributed by atoms with Crippen LogP contribution in [0.25, 0.3) is 0 Å². The minimum atomic E-state index is -0.420. The average molecular weight is 549 g/mol. The van der Waals surface area contributed by atoms with Crippen molar-refractivity contribution in [1.82, 2.24) is 0 Å². The lowest BCUT2D eigenvalue weighted by molar-refractivity contribution is -0.228. The highest BCUT2D eigenvalue weighted by atomic mass is 16.8. The van der Waals surface area contributed by atoms with Gasteiger partial charge in [0.1, 0.15) is 11.5 Å². The van der Waals surface area contributed by atoms with Gasteiger partial charge in [-0.2, -0.15) is 0 Å². The first-order chi connectivity index (χ1) is 19.0. The van der Waals surface area contributed by atoms with E-state index in [9.17, 15) is 0 Å². The maximum atomic E-state index is 6.57. The van der Waals surface area contributed by atoms with E-state index < -0.39 is 12.6 Å². The van der Waals surface area contributed by atoms with Gasteiger partial charge in [-0.05, 0) is 84.7 Å². The molecule has 2 heterocycles. The molecule has 2 aliphatic heterocycles. The Bertz CT molecular complexity index is 1130. The number of ether oxygens (including phenoxy) is 3. The summed E-state index contributed by atoms with van der Waals surface area (Å²) < 4.78 is 19.6. The quantitative estimate of drug-likeness (QED) is 0.207. The molecule has 40 heavy (non-hydrogen) atoms. The number of aryl methyl sites for hydroxylation is 2. The van der Waals surface area contributed by atoms with E-state index >= 15 is 0 Å². The fourth-order valence-corrected chi connectivity index (χ4v) is 6.81. The Balaban J connectivity index is 1.47. The van der Waals surface area contributed by atoms with Crippen LogP contribution in [0.15, 0.2) is 24.3 Å². The molecule has 0 saturated carbocycles. The third kappa shape index (κ3) is 7.84. The molecular formula is C37H56O3. The second kappa shape index (κ2) is 13.3. The Hall–Kier alpha value is -2.00. The molecule has 222 valence electrons. The molecule has 2 aromatic rings. The molecule has 0 spiro atoms. The number of fused-ring (bicyclic) bond motifs is 6. The minimum Gasteiger partial charge on any atom is -0.459 e. The van der Waals surface area contributed by atoms with E-state index in [1.807, 2.05) is 0 Å². The minimum absolute atomic E-state index is 0.266. The third-order valence-corrected chi connectivity index (χ3v) is 8.96. The molecule has 4 rings (SSSR count). The number of benzene rings is 2. The molecular weight excluding hydrogens is 492 g/mol. The molecule has 0 radical (unpaired) electrons. The van der Waals surface area contributed by atoms with Gasteiger partial charge in [-0.1, -0.05) is 111 Å². The molecule has 2 unspecified atom stereocenters. The van der Waals surface area contributed by atoms with Gasteiger partial charge in [-0.15, -0.1) is 0 Å². The van der Waals surface area contributed by atoms with E-state index in [1.165, 1.54) is 92.9 Å². The van der Waals surface area contributed by atoms with E-state index in [1.54, 1.807) is 0 Å². The predicted molar refractivity (Wildman–Crippen MR) is 167 cm³/mol. The van der Waals surface area contributed by atoms with Crippen molar-refractivity contribution in [2.24, 2.45) is 10.8 Å². The highest BCUT2D eigenvalue weighted by Crippen LogP contribution is 2.50. The Morgan fingerprint density at radius 1 is 0.575 bits per heavy atom.